The summed E-state index contributed by atoms with van der Waals surface area (Å²) < 4.78 is 2.33. The molecule has 24 heavy (non-hydrogen) atoms. The third-order valence-corrected chi connectivity index (χ3v) is 5.61. The summed E-state index contributed by atoms with van der Waals surface area (Å²) in [6.45, 7) is 5.55. The van der Waals surface area contributed by atoms with Gasteiger partial charge >= 0.3 is 0 Å². The van der Waals surface area contributed by atoms with E-state index in [0.717, 1.165) is 35.6 Å². The minimum absolute atomic E-state index is 0.743. The van der Waals surface area contributed by atoms with Crippen LogP contribution in [0.2, 0.25) is 5.02 Å². The van der Waals surface area contributed by atoms with E-state index in [-0.39, 0.29) is 0 Å². The van der Waals surface area contributed by atoms with Crippen LogP contribution in [0.5, 0.6) is 0 Å². The second-order valence-corrected chi connectivity index (χ2v) is 7.43. The Labute approximate surface area is 150 Å². The smallest absolute Gasteiger partial charge is 0.105 e. The van der Waals surface area contributed by atoms with E-state index >= 15 is 0 Å². The number of piperidine rings is 1. The average Bonchev–Trinajstić information content (AvgIpc) is 3.01. The summed E-state index contributed by atoms with van der Waals surface area (Å²) in [6.07, 6.45) is 10.3. The molecule has 1 saturated heterocycles. The number of imidazole rings is 1. The van der Waals surface area contributed by atoms with Gasteiger partial charge in [0.05, 0.1) is 0 Å². The van der Waals surface area contributed by atoms with Gasteiger partial charge in [-0.15, -0.1) is 0 Å². The van der Waals surface area contributed by atoms with E-state index < -0.39 is 0 Å². The Kier molecular flexibility index (Phi) is 6.33. The van der Waals surface area contributed by atoms with Gasteiger partial charge in [0.15, 0.2) is 0 Å². The molecule has 0 aliphatic carbocycles. The number of nitrogens with zero attached hydrogens (tertiary/aromatic N) is 2. The van der Waals surface area contributed by atoms with Gasteiger partial charge in [0.25, 0.3) is 0 Å². The molecular formula is C20H28ClN3. The molecule has 3 nitrogen and oxygen atoms in total. The Balaban J connectivity index is 1.58. The molecule has 1 aliphatic heterocycles. The fraction of sp³-hybridized carbons (Fsp3) is 0.550. The van der Waals surface area contributed by atoms with Crippen LogP contribution in [0, 0.1) is 18.8 Å². The van der Waals surface area contributed by atoms with Crippen LogP contribution in [-0.2, 0) is 13.0 Å². The first-order chi connectivity index (χ1) is 11.7. The van der Waals surface area contributed by atoms with Gasteiger partial charge in [-0.25, -0.2) is 4.98 Å². The van der Waals surface area contributed by atoms with Gasteiger partial charge in [0.1, 0.15) is 5.82 Å². The molecule has 1 aromatic carbocycles. The van der Waals surface area contributed by atoms with Crippen molar-refractivity contribution in [2.45, 2.75) is 45.6 Å². The largest absolute Gasteiger partial charge is 0.335 e. The maximum absolute atomic E-state index is 5.98. The predicted molar refractivity (Wildman–Crippen MR) is 100 cm³/mol. The Morgan fingerprint density at radius 2 is 2.00 bits per heavy atom. The molecular weight excluding hydrogens is 318 g/mol. The molecule has 1 fully saturated rings. The molecule has 1 aromatic heterocycles. The Bertz CT molecular complexity index is 614. The van der Waals surface area contributed by atoms with E-state index in [1.165, 1.54) is 44.3 Å². The molecule has 1 aliphatic rings. The summed E-state index contributed by atoms with van der Waals surface area (Å²) >= 11 is 5.98. The normalized spacial score (nSPS) is 17.1. The first-order valence-corrected chi connectivity index (χ1v) is 9.53. The molecule has 2 heterocycles. The van der Waals surface area contributed by atoms with Crippen molar-refractivity contribution in [3.63, 3.8) is 0 Å². The van der Waals surface area contributed by atoms with Crippen LogP contribution in [0.4, 0.5) is 0 Å². The molecule has 1 unspecified atom stereocenters. The minimum atomic E-state index is 0.743. The van der Waals surface area contributed by atoms with E-state index in [1.54, 1.807) is 0 Å². The fourth-order valence-corrected chi connectivity index (χ4v) is 3.99. The zero-order valence-corrected chi connectivity index (χ0v) is 15.3. The molecule has 2 aromatic rings. The van der Waals surface area contributed by atoms with Gasteiger partial charge in [0, 0.05) is 24.0 Å². The van der Waals surface area contributed by atoms with Gasteiger partial charge in [-0.3, -0.25) is 0 Å². The lowest BCUT2D eigenvalue weighted by molar-refractivity contribution is 0.218. The van der Waals surface area contributed by atoms with Crippen LogP contribution in [0.25, 0.3) is 0 Å². The van der Waals surface area contributed by atoms with Crippen LogP contribution in [0.15, 0.2) is 36.7 Å². The summed E-state index contributed by atoms with van der Waals surface area (Å²) in [5.74, 6) is 2.71. The fourth-order valence-electron chi connectivity index (χ4n) is 3.86. The molecule has 0 amide bonds. The number of hydrogen-bond donors (Lipinski definition) is 1. The van der Waals surface area contributed by atoms with Crippen molar-refractivity contribution in [2.75, 3.05) is 13.1 Å². The molecule has 0 bridgehead atoms. The van der Waals surface area contributed by atoms with Crippen molar-refractivity contribution >= 4 is 11.6 Å². The van der Waals surface area contributed by atoms with E-state index in [2.05, 4.69) is 40.1 Å². The topological polar surface area (TPSA) is 29.9 Å². The van der Waals surface area contributed by atoms with Crippen molar-refractivity contribution in [2.24, 2.45) is 11.8 Å². The van der Waals surface area contributed by atoms with Crippen LogP contribution in [0.1, 0.15) is 37.1 Å². The molecule has 3 rings (SSSR count). The molecule has 1 atom stereocenters. The van der Waals surface area contributed by atoms with E-state index in [1.807, 2.05) is 18.3 Å². The SMILES string of the molecule is Cc1nccn1CC(CCCc1ccc(Cl)cc1)C1CCNCC1. The zero-order valence-electron chi connectivity index (χ0n) is 14.5. The molecule has 0 radical (unpaired) electrons. The van der Waals surface area contributed by atoms with Gasteiger partial charge in [0.2, 0.25) is 0 Å². The average molecular weight is 346 g/mol. The molecule has 4 heteroatoms. The number of nitrogens with one attached hydrogen (secondary N) is 1. The van der Waals surface area contributed by atoms with Crippen molar-refractivity contribution in [1.82, 2.24) is 14.9 Å². The number of aryl methyl sites for hydroxylation is 2. The van der Waals surface area contributed by atoms with Crippen LogP contribution < -0.4 is 5.32 Å². The van der Waals surface area contributed by atoms with E-state index in [4.69, 9.17) is 11.6 Å². The van der Waals surface area contributed by atoms with E-state index in [9.17, 15) is 0 Å². The number of benzene rings is 1. The highest BCUT2D eigenvalue weighted by molar-refractivity contribution is 6.30. The first-order valence-electron chi connectivity index (χ1n) is 9.15. The van der Waals surface area contributed by atoms with Gasteiger partial charge in [-0.2, -0.15) is 0 Å². The van der Waals surface area contributed by atoms with Crippen LogP contribution in [0.3, 0.4) is 0 Å². The highest BCUT2D eigenvalue weighted by Crippen LogP contribution is 2.28. The lowest BCUT2D eigenvalue weighted by Gasteiger charge is -2.31. The highest BCUT2D eigenvalue weighted by atomic mass is 35.5. The molecule has 130 valence electrons. The second kappa shape index (κ2) is 8.68. The van der Waals surface area contributed by atoms with Crippen molar-refractivity contribution in [3.8, 4) is 0 Å². The zero-order chi connectivity index (χ0) is 16.8. The summed E-state index contributed by atoms with van der Waals surface area (Å²) in [4.78, 5) is 4.39. The summed E-state index contributed by atoms with van der Waals surface area (Å²) in [7, 11) is 0. The lowest BCUT2D eigenvalue weighted by atomic mass is 9.81. The number of hydrogen-bond acceptors (Lipinski definition) is 2. The summed E-state index contributed by atoms with van der Waals surface area (Å²) in [6, 6.07) is 8.30. The Morgan fingerprint density at radius 1 is 1.25 bits per heavy atom. The number of aromatic nitrogens is 2. The maximum atomic E-state index is 5.98. The monoisotopic (exact) mass is 345 g/mol. The lowest BCUT2D eigenvalue weighted by Crippen LogP contribution is -2.33. The summed E-state index contributed by atoms with van der Waals surface area (Å²) in [5, 5.41) is 4.32. The van der Waals surface area contributed by atoms with Crippen molar-refractivity contribution in [3.05, 3.63) is 53.1 Å². The highest BCUT2D eigenvalue weighted by Gasteiger charge is 2.24. The quantitative estimate of drug-likeness (QED) is 0.801. The standard InChI is InChI=1S/C20H28ClN3/c1-16-23-13-14-24(16)15-19(18-9-11-22-12-10-18)4-2-3-17-5-7-20(21)8-6-17/h5-8,13-14,18-19,22H,2-4,9-12,15H2,1H3. The molecule has 0 saturated carbocycles. The van der Waals surface area contributed by atoms with Crippen LogP contribution >= 0.6 is 11.6 Å². The van der Waals surface area contributed by atoms with Gasteiger partial charge < -0.3 is 9.88 Å². The first kappa shape index (κ1) is 17.5. The van der Waals surface area contributed by atoms with Crippen molar-refractivity contribution in [1.29, 1.82) is 0 Å². The van der Waals surface area contributed by atoms with Crippen LogP contribution in [-0.4, -0.2) is 22.6 Å². The van der Waals surface area contributed by atoms with Gasteiger partial charge in [-0.05, 0) is 81.6 Å². The number of rotatable bonds is 7. The Morgan fingerprint density at radius 3 is 2.67 bits per heavy atom. The predicted octanol–water partition coefficient (Wildman–Crippen LogP) is 4.48. The van der Waals surface area contributed by atoms with Gasteiger partial charge in [-0.1, -0.05) is 23.7 Å². The van der Waals surface area contributed by atoms with Crippen molar-refractivity contribution < 1.29 is 0 Å². The third-order valence-electron chi connectivity index (χ3n) is 5.36. The number of halogens is 1. The summed E-state index contributed by atoms with van der Waals surface area (Å²) in [5.41, 5.74) is 1.39. The second-order valence-electron chi connectivity index (χ2n) is 6.99. The molecule has 0 spiro atoms. The van der Waals surface area contributed by atoms with E-state index in [0.29, 0.717) is 0 Å². The molecule has 1 N–H and O–H groups in total. The Hall–Kier alpha value is -1.32. The maximum Gasteiger partial charge on any atom is 0.105 e. The minimum Gasteiger partial charge on any atom is -0.335 e. The third kappa shape index (κ3) is 4.84.